The van der Waals surface area contributed by atoms with Crippen LogP contribution in [0.4, 0.5) is 0 Å². The third-order valence-electron chi connectivity index (χ3n) is 3.54. The summed E-state index contributed by atoms with van der Waals surface area (Å²) in [7, 11) is 0. The van der Waals surface area contributed by atoms with Gasteiger partial charge in [0, 0.05) is 21.9 Å². The second-order valence-corrected chi connectivity index (χ2v) is 4.54. The van der Waals surface area contributed by atoms with Gasteiger partial charge in [-0.2, -0.15) is 0 Å². The van der Waals surface area contributed by atoms with Crippen molar-refractivity contribution in [2.75, 3.05) is 0 Å². The fraction of sp³-hybridized carbons (Fsp3) is 0.286. The molecule has 3 N–H and O–H groups in total. The molecule has 3 nitrogen and oxygen atoms in total. The van der Waals surface area contributed by atoms with Crippen LogP contribution in [0.25, 0.3) is 10.8 Å². The number of phenolic OH excluding ortho intramolecular Hbond substituents is 2. The Labute approximate surface area is 98.9 Å². The maximum absolute atomic E-state index is 10.2. The van der Waals surface area contributed by atoms with E-state index in [0.29, 0.717) is 34.7 Å². The summed E-state index contributed by atoms with van der Waals surface area (Å²) in [5.41, 5.74) is 1.20. The Morgan fingerprint density at radius 1 is 1.00 bits per heavy atom. The molecule has 0 spiro atoms. The molecular formula is C14H14O3. The van der Waals surface area contributed by atoms with Crippen LogP contribution in [0.5, 0.6) is 11.5 Å². The molecule has 0 saturated carbocycles. The van der Waals surface area contributed by atoms with Gasteiger partial charge in [0.05, 0.1) is 6.10 Å². The molecule has 1 aliphatic carbocycles. The summed E-state index contributed by atoms with van der Waals surface area (Å²) in [5, 5.41) is 31.6. The Morgan fingerprint density at radius 3 is 2.35 bits per heavy atom. The molecule has 0 radical (unpaired) electrons. The van der Waals surface area contributed by atoms with E-state index in [0.717, 1.165) is 6.42 Å². The Kier molecular flexibility index (Phi) is 2.23. The fourth-order valence-electron chi connectivity index (χ4n) is 2.70. The van der Waals surface area contributed by atoms with Crippen molar-refractivity contribution in [1.82, 2.24) is 0 Å². The molecule has 3 heteroatoms. The predicted octanol–water partition coefficient (Wildman–Crippen LogP) is 2.62. The van der Waals surface area contributed by atoms with Crippen molar-refractivity contribution in [3.05, 3.63) is 35.4 Å². The molecular weight excluding hydrogens is 216 g/mol. The maximum Gasteiger partial charge on any atom is 0.129 e. The number of aliphatic hydroxyl groups excluding tert-OH is 1. The molecule has 1 aliphatic rings. The highest BCUT2D eigenvalue weighted by Crippen LogP contribution is 2.46. The Balaban J connectivity index is 2.44. The van der Waals surface area contributed by atoms with E-state index in [9.17, 15) is 15.3 Å². The van der Waals surface area contributed by atoms with Crippen molar-refractivity contribution in [2.24, 2.45) is 0 Å². The van der Waals surface area contributed by atoms with E-state index in [-0.39, 0.29) is 11.5 Å². The van der Waals surface area contributed by atoms with E-state index in [1.165, 1.54) is 0 Å². The van der Waals surface area contributed by atoms with Gasteiger partial charge in [0.25, 0.3) is 0 Å². The first-order valence-electron chi connectivity index (χ1n) is 5.83. The molecule has 0 aliphatic heterocycles. The summed E-state index contributed by atoms with van der Waals surface area (Å²) in [5.74, 6) is 0.313. The average Bonchev–Trinajstić information content (AvgIpc) is 2.36. The van der Waals surface area contributed by atoms with Crippen molar-refractivity contribution in [3.8, 4) is 11.5 Å². The summed E-state index contributed by atoms with van der Waals surface area (Å²) >= 11 is 0. The number of hydrogen-bond donors (Lipinski definition) is 3. The van der Waals surface area contributed by atoms with Gasteiger partial charge in [-0.25, -0.2) is 0 Å². The van der Waals surface area contributed by atoms with Crippen LogP contribution in [0.1, 0.15) is 30.1 Å². The van der Waals surface area contributed by atoms with Crippen molar-refractivity contribution in [1.29, 1.82) is 0 Å². The molecule has 0 aromatic heterocycles. The van der Waals surface area contributed by atoms with Gasteiger partial charge in [-0.3, -0.25) is 0 Å². The second kappa shape index (κ2) is 3.64. The van der Waals surface area contributed by atoms with E-state index in [1.54, 1.807) is 12.1 Å². The van der Waals surface area contributed by atoms with Gasteiger partial charge in [-0.05, 0) is 19.3 Å². The summed E-state index contributed by atoms with van der Waals surface area (Å²) < 4.78 is 0. The van der Waals surface area contributed by atoms with Crippen LogP contribution in [0.15, 0.2) is 24.3 Å². The monoisotopic (exact) mass is 230 g/mol. The lowest BCUT2D eigenvalue weighted by Gasteiger charge is -2.24. The second-order valence-electron chi connectivity index (χ2n) is 4.54. The van der Waals surface area contributed by atoms with Gasteiger partial charge < -0.3 is 15.3 Å². The highest BCUT2D eigenvalue weighted by atomic mass is 16.3. The zero-order valence-corrected chi connectivity index (χ0v) is 9.35. The number of benzene rings is 2. The van der Waals surface area contributed by atoms with Gasteiger partial charge in [0.1, 0.15) is 11.5 Å². The van der Waals surface area contributed by atoms with E-state index in [2.05, 4.69) is 0 Å². The van der Waals surface area contributed by atoms with E-state index in [4.69, 9.17) is 0 Å². The van der Waals surface area contributed by atoms with Crippen LogP contribution in [0, 0.1) is 0 Å². The van der Waals surface area contributed by atoms with Crippen LogP contribution in [-0.4, -0.2) is 15.3 Å². The summed E-state index contributed by atoms with van der Waals surface area (Å²) in [6, 6.07) is 7.17. The minimum absolute atomic E-state index is 0.112. The number of fused-ring (bicyclic) bond motifs is 2. The van der Waals surface area contributed by atoms with E-state index in [1.807, 2.05) is 12.1 Å². The molecule has 2 aromatic rings. The highest BCUT2D eigenvalue weighted by Gasteiger charge is 2.26. The first-order valence-corrected chi connectivity index (χ1v) is 5.83. The lowest BCUT2D eigenvalue weighted by Crippen LogP contribution is -2.10. The standard InChI is InChI=1S/C14H14O3/c15-11-7-3-6-10-12(11)14(17)9-5-2-1-4-8(9)13(10)16/h1-2,4-5,11,15-17H,3,6-7H2. The summed E-state index contributed by atoms with van der Waals surface area (Å²) in [6.07, 6.45) is 1.50. The van der Waals surface area contributed by atoms with Gasteiger partial charge in [-0.1, -0.05) is 24.3 Å². The van der Waals surface area contributed by atoms with Crippen LogP contribution in [0.3, 0.4) is 0 Å². The fourth-order valence-corrected chi connectivity index (χ4v) is 2.70. The van der Waals surface area contributed by atoms with Crippen molar-refractivity contribution < 1.29 is 15.3 Å². The minimum atomic E-state index is -0.672. The Hall–Kier alpha value is -1.74. The van der Waals surface area contributed by atoms with Gasteiger partial charge in [0.2, 0.25) is 0 Å². The number of aliphatic hydroxyl groups is 1. The normalized spacial score (nSPS) is 19.2. The molecule has 3 rings (SSSR count). The molecule has 0 bridgehead atoms. The number of rotatable bonds is 0. The van der Waals surface area contributed by atoms with Crippen molar-refractivity contribution in [2.45, 2.75) is 25.4 Å². The van der Waals surface area contributed by atoms with Gasteiger partial charge in [-0.15, -0.1) is 0 Å². The molecule has 1 atom stereocenters. The molecule has 88 valence electrons. The Bertz CT molecular complexity index is 590. The minimum Gasteiger partial charge on any atom is -0.507 e. The zero-order valence-electron chi connectivity index (χ0n) is 9.35. The third kappa shape index (κ3) is 1.39. The zero-order chi connectivity index (χ0) is 12.0. The molecule has 2 aromatic carbocycles. The first kappa shape index (κ1) is 10.4. The largest absolute Gasteiger partial charge is 0.507 e. The maximum atomic E-state index is 10.2. The van der Waals surface area contributed by atoms with Gasteiger partial charge in [0.15, 0.2) is 0 Å². The van der Waals surface area contributed by atoms with Crippen molar-refractivity contribution >= 4 is 10.8 Å². The number of aromatic hydroxyl groups is 2. The van der Waals surface area contributed by atoms with Crippen LogP contribution < -0.4 is 0 Å². The topological polar surface area (TPSA) is 60.7 Å². The molecule has 17 heavy (non-hydrogen) atoms. The molecule has 0 amide bonds. The molecule has 0 saturated heterocycles. The third-order valence-corrected chi connectivity index (χ3v) is 3.54. The average molecular weight is 230 g/mol. The quantitative estimate of drug-likeness (QED) is 0.610. The van der Waals surface area contributed by atoms with E-state index >= 15 is 0 Å². The number of phenols is 2. The Morgan fingerprint density at radius 2 is 1.65 bits per heavy atom. The highest BCUT2D eigenvalue weighted by molar-refractivity contribution is 5.95. The van der Waals surface area contributed by atoms with Crippen molar-refractivity contribution in [3.63, 3.8) is 0 Å². The SMILES string of the molecule is Oc1c2c(c(O)c3ccccc13)C(O)CCC2. The summed E-state index contributed by atoms with van der Waals surface area (Å²) in [4.78, 5) is 0. The molecule has 1 unspecified atom stereocenters. The van der Waals surface area contributed by atoms with Crippen LogP contribution in [0.2, 0.25) is 0 Å². The molecule has 0 heterocycles. The lowest BCUT2D eigenvalue weighted by molar-refractivity contribution is 0.152. The lowest BCUT2D eigenvalue weighted by atomic mass is 9.85. The summed E-state index contributed by atoms with van der Waals surface area (Å²) in [6.45, 7) is 0. The molecule has 0 fully saturated rings. The van der Waals surface area contributed by atoms with Gasteiger partial charge >= 0.3 is 0 Å². The predicted molar refractivity (Wildman–Crippen MR) is 65.2 cm³/mol. The van der Waals surface area contributed by atoms with Crippen LogP contribution in [-0.2, 0) is 6.42 Å². The first-order chi connectivity index (χ1) is 8.20. The smallest absolute Gasteiger partial charge is 0.129 e. The van der Waals surface area contributed by atoms with E-state index < -0.39 is 6.10 Å². The van der Waals surface area contributed by atoms with Crippen LogP contribution >= 0.6 is 0 Å². The number of hydrogen-bond acceptors (Lipinski definition) is 3.